The number of fused-ring (bicyclic) bond motifs is 1. The molecular weight excluding hydrogens is 386 g/mol. The van der Waals surface area contributed by atoms with Crippen LogP contribution in [0, 0.1) is 5.92 Å². The summed E-state index contributed by atoms with van der Waals surface area (Å²) in [5.74, 6) is -1.60. The van der Waals surface area contributed by atoms with Crippen LogP contribution in [-0.2, 0) is 21.4 Å². The van der Waals surface area contributed by atoms with Crippen LogP contribution in [0.4, 0.5) is 0 Å². The molecule has 2 aliphatic rings. The quantitative estimate of drug-likeness (QED) is 0.705. The highest BCUT2D eigenvalue weighted by atomic mass is 16.5. The van der Waals surface area contributed by atoms with E-state index >= 15 is 0 Å². The number of carbonyl (C=O) groups excluding carboxylic acids is 3. The van der Waals surface area contributed by atoms with Crippen LogP contribution in [0.15, 0.2) is 53.5 Å². The predicted octanol–water partition coefficient (Wildman–Crippen LogP) is 0.973. The molecule has 30 heavy (non-hydrogen) atoms. The summed E-state index contributed by atoms with van der Waals surface area (Å²) in [7, 11) is 2.91. The van der Waals surface area contributed by atoms with Crippen molar-refractivity contribution in [1.29, 1.82) is 0 Å². The first kappa shape index (κ1) is 19.9. The molecule has 0 saturated carbocycles. The van der Waals surface area contributed by atoms with E-state index < -0.39 is 23.4 Å². The topological polar surface area (TPSA) is 88.9 Å². The number of esters is 1. The summed E-state index contributed by atoms with van der Waals surface area (Å²) in [5.41, 5.74) is 0.488. The highest BCUT2D eigenvalue weighted by Gasteiger charge is 2.51. The number of piperazine rings is 1. The minimum Gasteiger partial charge on any atom is -0.469 e. The molecule has 2 aromatic rings. The second kappa shape index (κ2) is 7.78. The van der Waals surface area contributed by atoms with Crippen molar-refractivity contribution in [2.75, 3.05) is 20.2 Å². The van der Waals surface area contributed by atoms with Crippen molar-refractivity contribution >= 4 is 17.8 Å². The fraction of sp³-hybridized carbons (Fsp3) is 0.364. The molecule has 0 unspecified atom stereocenters. The molecule has 4 rings (SSSR count). The summed E-state index contributed by atoms with van der Waals surface area (Å²) in [5, 5.41) is 0. The van der Waals surface area contributed by atoms with Gasteiger partial charge in [0.25, 0.3) is 11.5 Å². The number of ether oxygens (including phenoxy) is 1. The molecule has 8 heteroatoms. The van der Waals surface area contributed by atoms with Gasteiger partial charge in [-0.2, -0.15) is 0 Å². The monoisotopic (exact) mass is 409 g/mol. The SMILES string of the molecule is COC(=O)[C@H]1C[C@H]2CN(C(=O)c3cccn(C)c3=O)CC(=O)N2[C@H]1c1ccccc1. The van der Waals surface area contributed by atoms with Crippen molar-refractivity contribution in [2.45, 2.75) is 18.5 Å². The van der Waals surface area contributed by atoms with Crippen LogP contribution >= 0.6 is 0 Å². The molecule has 3 atom stereocenters. The van der Waals surface area contributed by atoms with Crippen molar-refractivity contribution in [3.8, 4) is 0 Å². The van der Waals surface area contributed by atoms with E-state index in [-0.39, 0.29) is 36.6 Å². The normalized spacial score (nSPS) is 23.3. The number of pyridine rings is 1. The van der Waals surface area contributed by atoms with Gasteiger partial charge in [0.05, 0.1) is 25.1 Å². The number of carbonyl (C=O) groups is 3. The third-order valence-electron chi connectivity index (χ3n) is 5.93. The van der Waals surface area contributed by atoms with Crippen LogP contribution in [0.3, 0.4) is 0 Å². The standard InChI is InChI=1S/C22H23N3O5/c1-23-10-6-9-16(20(23)27)21(28)24-12-15-11-17(22(29)30-2)19(25(15)18(26)13-24)14-7-4-3-5-8-14/h3-10,15,17,19H,11-13H2,1-2H3/t15-,17-,19-/m0/s1. The average molecular weight is 409 g/mol. The molecule has 0 N–H and O–H groups in total. The van der Waals surface area contributed by atoms with Gasteiger partial charge < -0.3 is 19.1 Å². The maximum atomic E-state index is 13.1. The number of nitrogens with zero attached hydrogens (tertiary/aromatic N) is 3. The van der Waals surface area contributed by atoms with Crippen molar-refractivity contribution < 1.29 is 19.1 Å². The Labute approximate surface area is 173 Å². The third kappa shape index (κ3) is 3.28. The molecule has 3 heterocycles. The lowest BCUT2D eigenvalue weighted by molar-refractivity contribution is -0.147. The molecule has 8 nitrogen and oxygen atoms in total. The number of aryl methyl sites for hydroxylation is 1. The Morgan fingerprint density at radius 2 is 1.80 bits per heavy atom. The minimum absolute atomic E-state index is 0.0309. The van der Waals surface area contributed by atoms with Crippen molar-refractivity contribution in [1.82, 2.24) is 14.4 Å². The van der Waals surface area contributed by atoms with Gasteiger partial charge in [-0.15, -0.1) is 0 Å². The van der Waals surface area contributed by atoms with Gasteiger partial charge >= 0.3 is 5.97 Å². The molecule has 0 bridgehead atoms. The molecule has 1 aromatic heterocycles. The first-order valence-corrected chi connectivity index (χ1v) is 9.81. The van der Waals surface area contributed by atoms with Crippen LogP contribution < -0.4 is 5.56 Å². The highest BCUT2D eigenvalue weighted by molar-refractivity contribution is 5.97. The lowest BCUT2D eigenvalue weighted by Gasteiger charge is -2.40. The van der Waals surface area contributed by atoms with Gasteiger partial charge in [-0.3, -0.25) is 19.2 Å². The van der Waals surface area contributed by atoms with E-state index in [4.69, 9.17) is 4.74 Å². The molecule has 2 amide bonds. The number of benzene rings is 1. The molecule has 156 valence electrons. The maximum absolute atomic E-state index is 13.1. The molecule has 0 aliphatic carbocycles. The zero-order chi connectivity index (χ0) is 21.4. The molecule has 2 aliphatic heterocycles. The van der Waals surface area contributed by atoms with Crippen LogP contribution in [0.2, 0.25) is 0 Å². The Hall–Kier alpha value is -3.42. The lowest BCUT2D eigenvalue weighted by atomic mass is 9.93. The third-order valence-corrected chi connectivity index (χ3v) is 5.93. The summed E-state index contributed by atoms with van der Waals surface area (Å²) in [6.45, 7) is 0.129. The van der Waals surface area contributed by atoms with E-state index in [1.54, 1.807) is 24.2 Å². The van der Waals surface area contributed by atoms with E-state index in [1.165, 1.54) is 22.6 Å². The Bertz CT molecular complexity index is 1050. The van der Waals surface area contributed by atoms with Gasteiger partial charge in [-0.05, 0) is 24.1 Å². The Morgan fingerprint density at radius 3 is 2.50 bits per heavy atom. The zero-order valence-electron chi connectivity index (χ0n) is 16.9. The minimum atomic E-state index is -0.508. The van der Waals surface area contributed by atoms with Crippen LogP contribution in [0.1, 0.15) is 28.4 Å². The Balaban J connectivity index is 1.65. The predicted molar refractivity (Wildman–Crippen MR) is 108 cm³/mol. The van der Waals surface area contributed by atoms with Gasteiger partial charge in [-0.25, -0.2) is 0 Å². The van der Waals surface area contributed by atoms with Gasteiger partial charge in [0.1, 0.15) is 12.1 Å². The smallest absolute Gasteiger partial charge is 0.311 e. The Kier molecular flexibility index (Phi) is 5.15. The number of amides is 2. The number of hydrogen-bond donors (Lipinski definition) is 0. The fourth-order valence-electron chi connectivity index (χ4n) is 4.55. The Morgan fingerprint density at radius 1 is 1.07 bits per heavy atom. The van der Waals surface area contributed by atoms with Crippen molar-refractivity contribution in [2.24, 2.45) is 13.0 Å². The first-order chi connectivity index (χ1) is 14.4. The number of rotatable bonds is 3. The van der Waals surface area contributed by atoms with Gasteiger partial charge in [0.2, 0.25) is 5.91 Å². The fourth-order valence-corrected chi connectivity index (χ4v) is 4.55. The van der Waals surface area contributed by atoms with E-state index in [0.29, 0.717) is 6.42 Å². The number of hydrogen-bond acceptors (Lipinski definition) is 5. The van der Waals surface area contributed by atoms with E-state index in [0.717, 1.165) is 5.56 Å². The highest BCUT2D eigenvalue weighted by Crippen LogP contribution is 2.43. The maximum Gasteiger partial charge on any atom is 0.311 e. The summed E-state index contributed by atoms with van der Waals surface area (Å²) >= 11 is 0. The lowest BCUT2D eigenvalue weighted by Crippen LogP contribution is -2.56. The van der Waals surface area contributed by atoms with E-state index in [9.17, 15) is 19.2 Å². The second-order valence-electron chi connectivity index (χ2n) is 7.70. The summed E-state index contributed by atoms with van der Waals surface area (Å²) in [4.78, 5) is 54.0. The van der Waals surface area contributed by atoms with Crippen molar-refractivity contribution in [3.05, 3.63) is 70.1 Å². The second-order valence-corrected chi connectivity index (χ2v) is 7.70. The van der Waals surface area contributed by atoms with Gasteiger partial charge in [-0.1, -0.05) is 30.3 Å². The summed E-state index contributed by atoms with van der Waals surface area (Å²) < 4.78 is 6.33. The van der Waals surface area contributed by atoms with Crippen molar-refractivity contribution in [3.63, 3.8) is 0 Å². The molecule has 0 radical (unpaired) electrons. The number of aromatic nitrogens is 1. The van der Waals surface area contributed by atoms with E-state index in [2.05, 4.69) is 0 Å². The summed E-state index contributed by atoms with van der Waals surface area (Å²) in [6.07, 6.45) is 1.97. The van der Waals surface area contributed by atoms with E-state index in [1.807, 2.05) is 30.3 Å². The molecule has 0 spiro atoms. The molecule has 2 fully saturated rings. The average Bonchev–Trinajstić information content (AvgIpc) is 3.15. The first-order valence-electron chi connectivity index (χ1n) is 9.81. The van der Waals surface area contributed by atoms with Gasteiger partial charge in [0, 0.05) is 19.8 Å². The van der Waals surface area contributed by atoms with Crippen LogP contribution in [-0.4, -0.2) is 58.4 Å². The van der Waals surface area contributed by atoms with Crippen LogP contribution in [0.5, 0.6) is 0 Å². The number of methoxy groups -OCH3 is 1. The largest absolute Gasteiger partial charge is 0.469 e. The van der Waals surface area contributed by atoms with Gasteiger partial charge in [0.15, 0.2) is 0 Å². The summed E-state index contributed by atoms with van der Waals surface area (Å²) in [6, 6.07) is 11.7. The van der Waals surface area contributed by atoms with Crippen LogP contribution in [0.25, 0.3) is 0 Å². The zero-order valence-corrected chi connectivity index (χ0v) is 16.9. The molecule has 1 aromatic carbocycles. The molecule has 2 saturated heterocycles. The molecular formula is C22H23N3O5.